The van der Waals surface area contributed by atoms with Crippen molar-refractivity contribution in [2.75, 3.05) is 13.7 Å². The molecule has 0 rings (SSSR count). The van der Waals surface area contributed by atoms with Gasteiger partial charge in [-0.15, -0.1) is 0 Å². The van der Waals surface area contributed by atoms with Crippen LogP contribution >= 0.6 is 0 Å². The highest BCUT2D eigenvalue weighted by Crippen LogP contribution is 2.03. The van der Waals surface area contributed by atoms with Gasteiger partial charge in [-0.05, 0) is 6.92 Å². The van der Waals surface area contributed by atoms with Crippen molar-refractivity contribution in [2.45, 2.75) is 19.9 Å². The Morgan fingerprint density at radius 1 is 1.43 bits per heavy atom. The molecule has 0 heterocycles. The third kappa shape index (κ3) is 4.78. The topological polar surface area (TPSA) is 90.7 Å². The molecule has 0 fully saturated rings. The van der Waals surface area contributed by atoms with Crippen molar-refractivity contribution >= 4 is 11.9 Å². The van der Waals surface area contributed by atoms with Crippen molar-refractivity contribution in [3.63, 3.8) is 0 Å². The van der Waals surface area contributed by atoms with Crippen LogP contribution in [0.1, 0.15) is 13.8 Å². The summed E-state index contributed by atoms with van der Waals surface area (Å²) in [6, 6.07) is -0.248. The molecule has 2 unspecified atom stereocenters. The lowest BCUT2D eigenvalue weighted by atomic mass is 10.1. The Kier molecular flexibility index (Phi) is 5.82. The maximum absolute atomic E-state index is 11.0. The van der Waals surface area contributed by atoms with Gasteiger partial charge in [0, 0.05) is 6.04 Å². The molecule has 0 aliphatic heterocycles. The predicted molar refractivity (Wildman–Crippen MR) is 48.9 cm³/mol. The standard InChI is InChI=1S/C8H16N2O4/c1-5(8(12)13-3)6(2)10-14-4-7(9)11/h5-6,10H,4H2,1-3H3,(H2,9,11). The molecule has 0 aromatic heterocycles. The van der Waals surface area contributed by atoms with Crippen molar-refractivity contribution in [3.8, 4) is 0 Å². The number of ether oxygens (including phenoxy) is 1. The molecule has 0 aliphatic rings. The van der Waals surface area contributed by atoms with Crippen molar-refractivity contribution in [3.05, 3.63) is 0 Å². The lowest BCUT2D eigenvalue weighted by molar-refractivity contribution is -0.147. The largest absolute Gasteiger partial charge is 0.469 e. The highest BCUT2D eigenvalue weighted by Gasteiger charge is 2.20. The molecule has 0 saturated carbocycles. The SMILES string of the molecule is COC(=O)C(C)C(C)NOCC(N)=O. The number of primary amides is 1. The third-order valence-electron chi connectivity index (χ3n) is 1.81. The van der Waals surface area contributed by atoms with E-state index in [1.165, 1.54) is 7.11 Å². The Labute approximate surface area is 82.7 Å². The number of hydrogen-bond acceptors (Lipinski definition) is 5. The number of hydroxylamine groups is 1. The number of esters is 1. The zero-order valence-corrected chi connectivity index (χ0v) is 8.57. The quantitative estimate of drug-likeness (QED) is 0.436. The Balaban J connectivity index is 3.78. The molecule has 0 aromatic carbocycles. The van der Waals surface area contributed by atoms with Crippen LogP contribution in [0.15, 0.2) is 0 Å². The van der Waals surface area contributed by atoms with Crippen LogP contribution in [0.2, 0.25) is 0 Å². The van der Waals surface area contributed by atoms with Gasteiger partial charge in [-0.3, -0.25) is 14.4 Å². The summed E-state index contributed by atoms with van der Waals surface area (Å²) in [6.07, 6.45) is 0. The van der Waals surface area contributed by atoms with E-state index in [4.69, 9.17) is 10.6 Å². The smallest absolute Gasteiger partial charge is 0.310 e. The van der Waals surface area contributed by atoms with Crippen LogP contribution in [0, 0.1) is 5.92 Å². The molecule has 0 aliphatic carbocycles. The third-order valence-corrected chi connectivity index (χ3v) is 1.81. The van der Waals surface area contributed by atoms with E-state index in [1.54, 1.807) is 13.8 Å². The summed E-state index contributed by atoms with van der Waals surface area (Å²) in [7, 11) is 1.32. The van der Waals surface area contributed by atoms with Gasteiger partial charge >= 0.3 is 5.97 Å². The van der Waals surface area contributed by atoms with Gasteiger partial charge in [-0.1, -0.05) is 6.92 Å². The highest BCUT2D eigenvalue weighted by atomic mass is 16.6. The number of nitrogens with one attached hydrogen (secondary N) is 1. The molecular weight excluding hydrogens is 188 g/mol. The Hall–Kier alpha value is -1.14. The van der Waals surface area contributed by atoms with Crippen molar-refractivity contribution in [2.24, 2.45) is 11.7 Å². The van der Waals surface area contributed by atoms with Gasteiger partial charge in [0.1, 0.15) is 6.61 Å². The van der Waals surface area contributed by atoms with Gasteiger partial charge in [0.2, 0.25) is 5.91 Å². The van der Waals surface area contributed by atoms with Crippen LogP contribution in [0.3, 0.4) is 0 Å². The molecule has 0 bridgehead atoms. The Bertz CT molecular complexity index is 208. The fourth-order valence-electron chi connectivity index (χ4n) is 0.736. The van der Waals surface area contributed by atoms with Gasteiger partial charge in [-0.2, -0.15) is 5.48 Å². The van der Waals surface area contributed by atoms with E-state index in [0.717, 1.165) is 0 Å². The molecule has 3 N–H and O–H groups in total. The van der Waals surface area contributed by atoms with Crippen LogP contribution < -0.4 is 11.2 Å². The predicted octanol–water partition coefficient (Wildman–Crippen LogP) is -0.809. The lowest BCUT2D eigenvalue weighted by Crippen LogP contribution is -2.38. The zero-order chi connectivity index (χ0) is 11.1. The number of amides is 1. The van der Waals surface area contributed by atoms with Crippen LogP contribution in [-0.2, 0) is 19.2 Å². The van der Waals surface area contributed by atoms with Crippen molar-refractivity contribution in [1.29, 1.82) is 0 Å². The minimum Gasteiger partial charge on any atom is -0.469 e. The van der Waals surface area contributed by atoms with E-state index in [0.29, 0.717) is 0 Å². The summed E-state index contributed by atoms with van der Waals surface area (Å²) in [5.74, 6) is -1.27. The number of carbonyl (C=O) groups is 2. The number of nitrogens with two attached hydrogens (primary N) is 1. The molecule has 2 atom stereocenters. The first-order chi connectivity index (χ1) is 6.49. The van der Waals surface area contributed by atoms with E-state index in [1.807, 2.05) is 0 Å². The van der Waals surface area contributed by atoms with Gasteiger partial charge in [0.05, 0.1) is 13.0 Å². The minimum absolute atomic E-state index is 0.224. The second-order valence-electron chi connectivity index (χ2n) is 2.97. The van der Waals surface area contributed by atoms with E-state index >= 15 is 0 Å². The first-order valence-electron chi connectivity index (χ1n) is 4.22. The van der Waals surface area contributed by atoms with Gasteiger partial charge in [0.15, 0.2) is 0 Å². The fraction of sp³-hybridized carbons (Fsp3) is 0.750. The molecule has 6 nitrogen and oxygen atoms in total. The Morgan fingerprint density at radius 2 is 2.00 bits per heavy atom. The van der Waals surface area contributed by atoms with Crippen LogP contribution in [0.5, 0.6) is 0 Å². The average Bonchev–Trinajstić information content (AvgIpc) is 2.14. The van der Waals surface area contributed by atoms with Crippen molar-refractivity contribution in [1.82, 2.24) is 5.48 Å². The molecule has 1 amide bonds. The summed E-state index contributed by atoms with van der Waals surface area (Å²) >= 11 is 0. The van der Waals surface area contributed by atoms with Crippen LogP contribution in [-0.4, -0.2) is 31.6 Å². The lowest BCUT2D eigenvalue weighted by Gasteiger charge is -2.18. The maximum atomic E-state index is 11.0. The van der Waals surface area contributed by atoms with Crippen molar-refractivity contribution < 1.29 is 19.2 Å². The normalized spacial score (nSPS) is 14.5. The fourth-order valence-corrected chi connectivity index (χ4v) is 0.736. The van der Waals surface area contributed by atoms with E-state index in [-0.39, 0.29) is 24.5 Å². The zero-order valence-electron chi connectivity index (χ0n) is 8.57. The summed E-state index contributed by atoms with van der Waals surface area (Å²) in [6.45, 7) is 3.21. The number of hydrogen-bond donors (Lipinski definition) is 2. The molecule has 14 heavy (non-hydrogen) atoms. The monoisotopic (exact) mass is 204 g/mol. The number of methoxy groups -OCH3 is 1. The van der Waals surface area contributed by atoms with Gasteiger partial charge < -0.3 is 10.5 Å². The minimum atomic E-state index is -0.574. The number of carbonyl (C=O) groups excluding carboxylic acids is 2. The molecule has 6 heteroatoms. The molecule has 0 saturated heterocycles. The summed E-state index contributed by atoms with van der Waals surface area (Å²) < 4.78 is 4.53. The molecule has 0 radical (unpaired) electrons. The summed E-state index contributed by atoms with van der Waals surface area (Å²) in [5, 5.41) is 0. The van der Waals surface area contributed by atoms with Gasteiger partial charge in [0.25, 0.3) is 0 Å². The first kappa shape index (κ1) is 12.9. The van der Waals surface area contributed by atoms with Crippen LogP contribution in [0.25, 0.3) is 0 Å². The van der Waals surface area contributed by atoms with Gasteiger partial charge in [-0.25, -0.2) is 0 Å². The molecule has 0 aromatic rings. The second kappa shape index (κ2) is 6.33. The average molecular weight is 204 g/mol. The first-order valence-corrected chi connectivity index (χ1v) is 4.22. The molecule has 0 spiro atoms. The highest BCUT2D eigenvalue weighted by molar-refractivity contribution is 5.75. The van der Waals surface area contributed by atoms with E-state index in [9.17, 15) is 9.59 Å². The van der Waals surface area contributed by atoms with E-state index < -0.39 is 5.91 Å². The number of rotatable bonds is 6. The van der Waals surface area contributed by atoms with E-state index in [2.05, 4.69) is 10.2 Å². The van der Waals surface area contributed by atoms with Crippen LogP contribution in [0.4, 0.5) is 0 Å². The molecule has 82 valence electrons. The second-order valence-corrected chi connectivity index (χ2v) is 2.97. The maximum Gasteiger partial charge on any atom is 0.310 e. The molecular formula is C8H16N2O4. The summed E-state index contributed by atoms with van der Waals surface area (Å²) in [5.41, 5.74) is 7.37. The Morgan fingerprint density at radius 3 is 2.43 bits per heavy atom. The summed E-state index contributed by atoms with van der Waals surface area (Å²) in [4.78, 5) is 26.1.